The number of ether oxygens (including phenoxy) is 1. The number of Topliss-reactive ketones (excluding diaryl/α,β-unsaturated/α-hetero) is 2. The Kier molecular flexibility index (Phi) is 15.5. The van der Waals surface area contributed by atoms with Gasteiger partial charge in [0.25, 0.3) is 0 Å². The van der Waals surface area contributed by atoms with Gasteiger partial charge in [0.2, 0.25) is 17.7 Å². The summed E-state index contributed by atoms with van der Waals surface area (Å²) < 4.78 is 6.17. The minimum atomic E-state index is -0.640. The number of carbonyl (C=O) groups excluding carboxylic acids is 6. The van der Waals surface area contributed by atoms with E-state index in [1.165, 1.54) is 22.0 Å². The summed E-state index contributed by atoms with van der Waals surface area (Å²) >= 11 is 0. The zero-order valence-electron chi connectivity index (χ0n) is 29.1. The van der Waals surface area contributed by atoms with Gasteiger partial charge in [-0.3, -0.25) is 28.8 Å². The van der Waals surface area contributed by atoms with E-state index in [0.717, 1.165) is 12.2 Å². The van der Waals surface area contributed by atoms with Crippen LogP contribution >= 0.6 is 0 Å². The number of ketones is 3. The molecule has 2 heterocycles. The summed E-state index contributed by atoms with van der Waals surface area (Å²) in [4.78, 5) is 79.2. The van der Waals surface area contributed by atoms with Crippen molar-refractivity contribution in [1.29, 1.82) is 0 Å². The molecule has 0 aliphatic carbocycles. The first-order chi connectivity index (χ1) is 22.5. The Labute approximate surface area is 285 Å². The lowest BCUT2D eigenvalue weighted by atomic mass is 9.96. The molecule has 264 valence electrons. The van der Waals surface area contributed by atoms with Crippen LogP contribution in [0.2, 0.25) is 0 Å². The van der Waals surface area contributed by atoms with Crippen molar-refractivity contribution < 1.29 is 33.5 Å². The fraction of sp³-hybridized carbons (Fsp3) is 0.556. The molecule has 0 saturated carbocycles. The van der Waals surface area contributed by atoms with Crippen molar-refractivity contribution in [1.82, 2.24) is 25.3 Å². The Morgan fingerprint density at radius 2 is 1.44 bits per heavy atom. The van der Waals surface area contributed by atoms with E-state index in [2.05, 4.69) is 36.9 Å². The molecule has 2 aliphatic heterocycles. The van der Waals surface area contributed by atoms with Gasteiger partial charge >= 0.3 is 0 Å². The van der Waals surface area contributed by atoms with E-state index >= 15 is 0 Å². The lowest BCUT2D eigenvalue weighted by Crippen LogP contribution is -2.56. The van der Waals surface area contributed by atoms with Gasteiger partial charge in [-0.25, -0.2) is 0 Å². The van der Waals surface area contributed by atoms with Crippen LogP contribution in [0.4, 0.5) is 0 Å². The SMILES string of the molecule is C=CC(=O)C1=CC[C@@H](CCC(=O)CNC(C)(C)COC(C)(C)CNCC(=O)C2CN(C(=O)C=C)CN(C(=O)C=C)C2)CN(C(=O)C=C)C1. The average molecular weight is 668 g/mol. The van der Waals surface area contributed by atoms with Crippen molar-refractivity contribution in [2.75, 3.05) is 59.1 Å². The third kappa shape index (κ3) is 12.9. The second kappa shape index (κ2) is 18.5. The molecule has 12 heteroatoms. The summed E-state index contributed by atoms with van der Waals surface area (Å²) in [5.41, 5.74) is -0.641. The number of hydrogen-bond donors (Lipinski definition) is 2. The Hall–Kier alpha value is -4.00. The highest BCUT2D eigenvalue weighted by Gasteiger charge is 2.33. The van der Waals surface area contributed by atoms with Crippen LogP contribution in [0.25, 0.3) is 0 Å². The second-order valence-corrected chi connectivity index (χ2v) is 13.6. The van der Waals surface area contributed by atoms with E-state index in [1.54, 1.807) is 4.90 Å². The molecule has 2 aliphatic rings. The highest BCUT2D eigenvalue weighted by Crippen LogP contribution is 2.22. The quantitative estimate of drug-likeness (QED) is 0.198. The molecule has 0 radical (unpaired) electrons. The number of carbonyl (C=O) groups is 6. The van der Waals surface area contributed by atoms with Crippen molar-refractivity contribution in [3.8, 4) is 0 Å². The van der Waals surface area contributed by atoms with Gasteiger partial charge < -0.3 is 30.1 Å². The number of nitrogens with zero attached hydrogens (tertiary/aromatic N) is 3. The number of rotatable bonds is 19. The summed E-state index contributed by atoms with van der Waals surface area (Å²) in [5.74, 6) is -1.77. The van der Waals surface area contributed by atoms with Gasteiger partial charge in [0.1, 0.15) is 5.78 Å². The van der Waals surface area contributed by atoms with E-state index in [1.807, 2.05) is 33.8 Å². The number of nitrogens with one attached hydrogen (secondary N) is 2. The highest BCUT2D eigenvalue weighted by atomic mass is 16.5. The van der Waals surface area contributed by atoms with Gasteiger partial charge in [0.15, 0.2) is 11.6 Å². The number of amides is 3. The largest absolute Gasteiger partial charge is 0.372 e. The van der Waals surface area contributed by atoms with Gasteiger partial charge in [-0.15, -0.1) is 0 Å². The van der Waals surface area contributed by atoms with Crippen LogP contribution in [-0.2, 0) is 33.5 Å². The van der Waals surface area contributed by atoms with E-state index < -0.39 is 17.1 Å². The van der Waals surface area contributed by atoms with E-state index in [9.17, 15) is 28.8 Å². The van der Waals surface area contributed by atoms with Crippen LogP contribution in [0.15, 0.2) is 62.3 Å². The van der Waals surface area contributed by atoms with Crippen LogP contribution in [-0.4, -0.2) is 120 Å². The van der Waals surface area contributed by atoms with Gasteiger partial charge in [0.05, 0.1) is 37.9 Å². The summed E-state index contributed by atoms with van der Waals surface area (Å²) in [5, 5.41) is 6.43. The second-order valence-electron chi connectivity index (χ2n) is 13.6. The van der Waals surface area contributed by atoms with Crippen molar-refractivity contribution in [3.63, 3.8) is 0 Å². The molecular formula is C36H53N5O7. The monoisotopic (exact) mass is 667 g/mol. The Balaban J connectivity index is 1.80. The first-order valence-corrected chi connectivity index (χ1v) is 16.3. The first kappa shape index (κ1) is 40.2. The number of allylic oxidation sites excluding steroid dienone is 2. The third-order valence-electron chi connectivity index (χ3n) is 8.45. The molecule has 2 rings (SSSR count). The molecule has 0 bridgehead atoms. The summed E-state index contributed by atoms with van der Waals surface area (Å²) in [6, 6.07) is 0. The molecule has 0 aromatic rings. The topological polar surface area (TPSA) is 145 Å². The van der Waals surface area contributed by atoms with Gasteiger partial charge in [0, 0.05) is 50.3 Å². The van der Waals surface area contributed by atoms with Crippen LogP contribution in [0.3, 0.4) is 0 Å². The van der Waals surface area contributed by atoms with Crippen molar-refractivity contribution in [2.45, 2.75) is 58.1 Å². The minimum Gasteiger partial charge on any atom is -0.372 e. The maximum absolute atomic E-state index is 13.0. The minimum absolute atomic E-state index is 0.0316. The normalized spacial score (nSPS) is 17.5. The molecule has 12 nitrogen and oxygen atoms in total. The third-order valence-corrected chi connectivity index (χ3v) is 8.45. The molecular weight excluding hydrogens is 614 g/mol. The smallest absolute Gasteiger partial charge is 0.247 e. The predicted octanol–water partition coefficient (Wildman–Crippen LogP) is 1.99. The Bertz CT molecular complexity index is 1270. The molecule has 1 saturated heterocycles. The average Bonchev–Trinajstić information content (AvgIpc) is 3.30. The zero-order chi connectivity index (χ0) is 36.1. The van der Waals surface area contributed by atoms with Crippen LogP contribution in [0.5, 0.6) is 0 Å². The molecule has 0 unspecified atom stereocenters. The van der Waals surface area contributed by atoms with Gasteiger partial charge in [-0.05, 0) is 70.8 Å². The molecule has 0 spiro atoms. The molecule has 1 atom stereocenters. The van der Waals surface area contributed by atoms with Crippen molar-refractivity contribution >= 4 is 35.1 Å². The molecule has 48 heavy (non-hydrogen) atoms. The summed E-state index contributed by atoms with van der Waals surface area (Å²) in [7, 11) is 0. The fourth-order valence-corrected chi connectivity index (χ4v) is 5.44. The Morgan fingerprint density at radius 3 is 2.00 bits per heavy atom. The van der Waals surface area contributed by atoms with Crippen molar-refractivity contribution in [3.05, 3.63) is 62.3 Å². The van der Waals surface area contributed by atoms with Crippen molar-refractivity contribution in [2.24, 2.45) is 11.8 Å². The summed E-state index contributed by atoms with van der Waals surface area (Å²) in [6.07, 6.45) is 8.14. The van der Waals surface area contributed by atoms with Gasteiger partial charge in [-0.2, -0.15) is 0 Å². The van der Waals surface area contributed by atoms with E-state index in [4.69, 9.17) is 4.74 Å². The van der Waals surface area contributed by atoms with Crippen LogP contribution in [0, 0.1) is 11.8 Å². The molecule has 1 fully saturated rings. The first-order valence-electron chi connectivity index (χ1n) is 16.3. The predicted molar refractivity (Wildman–Crippen MR) is 185 cm³/mol. The van der Waals surface area contributed by atoms with Crippen LogP contribution < -0.4 is 10.6 Å². The maximum atomic E-state index is 13.0. The zero-order valence-corrected chi connectivity index (χ0v) is 29.1. The van der Waals surface area contributed by atoms with Gasteiger partial charge in [-0.1, -0.05) is 32.4 Å². The number of hydrogen-bond acceptors (Lipinski definition) is 9. The Morgan fingerprint density at radius 1 is 0.854 bits per heavy atom. The standard InChI is InChI=1S/C36H53N5O7/c1-9-30(43)27-15-13-26(19-39(20-27)32(45)10-2)14-16-29(42)17-38-35(5,6)24-48-36(7,8)23-37-18-31(44)28-21-40(33(46)11-3)25-41(22-28)34(47)12-4/h9-12,15,26,28,37-38H,1-4,13-14,16-25H2,5-8H3/t26-/m0/s1. The maximum Gasteiger partial charge on any atom is 0.247 e. The highest BCUT2D eigenvalue weighted by molar-refractivity contribution is 6.04. The van der Waals surface area contributed by atoms with E-state index in [0.29, 0.717) is 44.5 Å². The molecule has 0 aromatic carbocycles. The summed E-state index contributed by atoms with van der Waals surface area (Å²) in [6.45, 7) is 23.8. The van der Waals surface area contributed by atoms with Crippen LogP contribution in [0.1, 0.15) is 47.0 Å². The fourth-order valence-electron chi connectivity index (χ4n) is 5.44. The van der Waals surface area contributed by atoms with E-state index in [-0.39, 0.29) is 80.4 Å². The lowest BCUT2D eigenvalue weighted by Gasteiger charge is -2.39. The molecule has 0 aromatic heterocycles. The molecule has 2 N–H and O–H groups in total. The lowest BCUT2D eigenvalue weighted by molar-refractivity contribution is -0.142. The molecule has 3 amide bonds.